The molecule has 0 bridgehead atoms. The van der Waals surface area contributed by atoms with E-state index in [9.17, 15) is 13.2 Å². The maximum absolute atomic E-state index is 12.1. The molecule has 2 aromatic heterocycles. The van der Waals surface area contributed by atoms with Gasteiger partial charge in [0.05, 0.1) is 10.9 Å². The van der Waals surface area contributed by atoms with E-state index in [1.54, 1.807) is 16.5 Å². The lowest BCUT2D eigenvalue weighted by Crippen LogP contribution is -2.37. The summed E-state index contributed by atoms with van der Waals surface area (Å²) in [7, 11) is -3.72. The molecule has 0 saturated carbocycles. The van der Waals surface area contributed by atoms with Crippen molar-refractivity contribution in [3.8, 4) is 0 Å². The number of rotatable bonds is 5. The van der Waals surface area contributed by atoms with Crippen LogP contribution in [0.5, 0.6) is 0 Å². The molecule has 1 atom stereocenters. The summed E-state index contributed by atoms with van der Waals surface area (Å²) in [6.07, 6.45) is 1.83. The zero-order valence-electron chi connectivity index (χ0n) is 14.0. The molecule has 2 amide bonds. The van der Waals surface area contributed by atoms with E-state index in [0.29, 0.717) is 11.5 Å². The summed E-state index contributed by atoms with van der Waals surface area (Å²) in [6, 6.07) is 10.8. The van der Waals surface area contributed by atoms with Crippen LogP contribution < -0.4 is 15.8 Å². The van der Waals surface area contributed by atoms with Crippen molar-refractivity contribution < 1.29 is 13.2 Å². The molecule has 0 saturated heterocycles. The lowest BCUT2D eigenvalue weighted by atomic mass is 10.2. The Morgan fingerprint density at radius 2 is 1.92 bits per heavy atom. The minimum absolute atomic E-state index is 0.0259. The smallest absolute Gasteiger partial charge is 0.315 e. The number of primary sulfonamides is 1. The summed E-state index contributed by atoms with van der Waals surface area (Å²) >= 11 is 0. The summed E-state index contributed by atoms with van der Waals surface area (Å²) < 4.78 is 24.2. The van der Waals surface area contributed by atoms with Crippen LogP contribution in [0.15, 0.2) is 53.6 Å². The molecule has 9 nitrogen and oxygen atoms in total. The highest BCUT2D eigenvalue weighted by molar-refractivity contribution is 7.89. The first-order valence-electron chi connectivity index (χ1n) is 7.80. The molecular formula is C16H18N6O3S. The van der Waals surface area contributed by atoms with Gasteiger partial charge in [0.25, 0.3) is 0 Å². The number of hydrogen-bond donors (Lipinski definition) is 3. The van der Waals surface area contributed by atoms with E-state index in [0.717, 1.165) is 5.56 Å². The number of nitrogens with zero attached hydrogens (tertiary/aromatic N) is 3. The van der Waals surface area contributed by atoms with Crippen molar-refractivity contribution in [1.29, 1.82) is 0 Å². The normalized spacial score (nSPS) is 12.7. The number of carbonyl (C=O) groups excluding carboxylic acids is 1. The Hall–Kier alpha value is -2.98. The third-order valence-corrected chi connectivity index (χ3v) is 4.71. The van der Waals surface area contributed by atoms with Gasteiger partial charge >= 0.3 is 6.03 Å². The fourth-order valence-corrected chi connectivity index (χ4v) is 2.96. The van der Waals surface area contributed by atoms with Gasteiger partial charge in [-0.1, -0.05) is 18.2 Å². The average molecular weight is 374 g/mol. The van der Waals surface area contributed by atoms with Crippen LogP contribution in [-0.4, -0.2) is 29.0 Å². The van der Waals surface area contributed by atoms with E-state index in [-0.39, 0.29) is 23.5 Å². The summed E-state index contributed by atoms with van der Waals surface area (Å²) in [5.41, 5.74) is 1.44. The molecule has 0 radical (unpaired) electrons. The molecule has 0 aliphatic heterocycles. The van der Waals surface area contributed by atoms with E-state index in [4.69, 9.17) is 5.14 Å². The standard InChI is InChI=1S/C16H18N6O3S/c1-11(15-21-20-14-4-2-3-9-22(14)15)19-16(23)18-10-12-5-7-13(8-6-12)26(17,24)25/h2-9,11H,10H2,1H3,(H2,17,24,25)(H2,18,19,23). The van der Waals surface area contributed by atoms with Gasteiger partial charge in [0.1, 0.15) is 0 Å². The van der Waals surface area contributed by atoms with Gasteiger partial charge in [-0.3, -0.25) is 4.40 Å². The highest BCUT2D eigenvalue weighted by Gasteiger charge is 2.15. The molecule has 4 N–H and O–H groups in total. The Labute approximate surface area is 150 Å². The van der Waals surface area contributed by atoms with Gasteiger partial charge in [-0.15, -0.1) is 10.2 Å². The number of urea groups is 1. The number of fused-ring (bicyclic) bond motifs is 1. The van der Waals surface area contributed by atoms with Crippen LogP contribution in [0.25, 0.3) is 5.65 Å². The number of benzene rings is 1. The van der Waals surface area contributed by atoms with E-state index in [2.05, 4.69) is 20.8 Å². The van der Waals surface area contributed by atoms with Gasteiger partial charge in [-0.2, -0.15) is 0 Å². The van der Waals surface area contributed by atoms with Gasteiger partial charge < -0.3 is 10.6 Å². The number of hydrogen-bond acceptors (Lipinski definition) is 5. The second-order valence-electron chi connectivity index (χ2n) is 5.72. The van der Waals surface area contributed by atoms with Crippen LogP contribution in [0.4, 0.5) is 4.79 Å². The van der Waals surface area contributed by atoms with Crippen molar-refractivity contribution in [3.63, 3.8) is 0 Å². The molecule has 2 heterocycles. The monoisotopic (exact) mass is 374 g/mol. The first kappa shape index (κ1) is 17.8. The zero-order chi connectivity index (χ0) is 18.7. The van der Waals surface area contributed by atoms with Crippen molar-refractivity contribution in [1.82, 2.24) is 25.2 Å². The topological polar surface area (TPSA) is 131 Å². The number of nitrogens with two attached hydrogens (primary N) is 1. The molecule has 136 valence electrons. The van der Waals surface area contributed by atoms with E-state index >= 15 is 0 Å². The SMILES string of the molecule is CC(NC(=O)NCc1ccc(S(N)(=O)=O)cc1)c1nnc2ccccn12. The third kappa shape index (κ3) is 3.98. The first-order valence-corrected chi connectivity index (χ1v) is 9.35. The van der Waals surface area contributed by atoms with Crippen LogP contribution in [0, 0.1) is 0 Å². The van der Waals surface area contributed by atoms with Crippen LogP contribution in [0.3, 0.4) is 0 Å². The van der Waals surface area contributed by atoms with Crippen molar-refractivity contribution in [2.24, 2.45) is 5.14 Å². The minimum Gasteiger partial charge on any atom is -0.334 e. The average Bonchev–Trinajstić information content (AvgIpc) is 3.04. The first-order chi connectivity index (χ1) is 12.3. The second-order valence-corrected chi connectivity index (χ2v) is 7.29. The van der Waals surface area contributed by atoms with E-state index in [1.807, 2.05) is 31.3 Å². The Bertz CT molecular complexity index is 1030. The van der Waals surface area contributed by atoms with Crippen LogP contribution in [0.1, 0.15) is 24.4 Å². The Morgan fingerprint density at radius 3 is 2.62 bits per heavy atom. The van der Waals surface area contributed by atoms with E-state index < -0.39 is 10.0 Å². The Kier molecular flexibility index (Phi) is 4.87. The summed E-state index contributed by atoms with van der Waals surface area (Å²) in [6.45, 7) is 2.05. The van der Waals surface area contributed by atoms with Crippen molar-refractivity contribution in [2.75, 3.05) is 0 Å². The predicted molar refractivity (Wildman–Crippen MR) is 94.6 cm³/mol. The fourth-order valence-electron chi connectivity index (χ4n) is 2.45. The highest BCUT2D eigenvalue weighted by Crippen LogP contribution is 2.12. The lowest BCUT2D eigenvalue weighted by Gasteiger charge is -2.13. The minimum atomic E-state index is -3.72. The summed E-state index contributed by atoms with van der Waals surface area (Å²) in [5.74, 6) is 0.619. The molecule has 0 aliphatic carbocycles. The Morgan fingerprint density at radius 1 is 1.19 bits per heavy atom. The number of amides is 2. The van der Waals surface area contributed by atoms with E-state index in [1.165, 1.54) is 12.1 Å². The molecule has 0 fully saturated rings. The molecule has 0 spiro atoms. The molecule has 3 aromatic rings. The maximum atomic E-state index is 12.1. The number of pyridine rings is 1. The van der Waals surface area contributed by atoms with Gasteiger partial charge in [-0.25, -0.2) is 18.4 Å². The van der Waals surface area contributed by atoms with Crippen molar-refractivity contribution >= 4 is 21.7 Å². The molecule has 10 heteroatoms. The van der Waals surface area contributed by atoms with Crippen LogP contribution >= 0.6 is 0 Å². The largest absolute Gasteiger partial charge is 0.334 e. The van der Waals surface area contributed by atoms with Gasteiger partial charge in [0, 0.05) is 12.7 Å². The summed E-state index contributed by atoms with van der Waals surface area (Å²) in [5, 5.41) is 18.7. The third-order valence-electron chi connectivity index (χ3n) is 3.78. The van der Waals surface area contributed by atoms with Gasteiger partial charge in [0.2, 0.25) is 10.0 Å². The predicted octanol–water partition coefficient (Wildman–Crippen LogP) is 0.937. The Balaban J connectivity index is 1.59. The molecule has 3 rings (SSSR count). The van der Waals surface area contributed by atoms with Crippen LogP contribution in [0.2, 0.25) is 0 Å². The number of nitrogens with one attached hydrogen (secondary N) is 2. The molecule has 0 aliphatic rings. The van der Waals surface area contributed by atoms with Gasteiger partial charge in [-0.05, 0) is 36.8 Å². The lowest BCUT2D eigenvalue weighted by molar-refractivity contribution is 0.237. The molecule has 26 heavy (non-hydrogen) atoms. The number of sulfonamides is 1. The quantitative estimate of drug-likeness (QED) is 0.611. The van der Waals surface area contributed by atoms with Crippen molar-refractivity contribution in [2.45, 2.75) is 24.4 Å². The zero-order valence-corrected chi connectivity index (χ0v) is 14.8. The second kappa shape index (κ2) is 7.10. The number of aromatic nitrogens is 3. The van der Waals surface area contributed by atoms with Gasteiger partial charge in [0.15, 0.2) is 11.5 Å². The fraction of sp³-hybridized carbons (Fsp3) is 0.188. The maximum Gasteiger partial charge on any atom is 0.315 e. The molecule has 1 aromatic carbocycles. The summed E-state index contributed by atoms with van der Waals surface area (Å²) in [4.78, 5) is 12.1. The number of carbonyl (C=O) groups is 1. The van der Waals surface area contributed by atoms with Crippen LogP contribution in [-0.2, 0) is 16.6 Å². The molecule has 1 unspecified atom stereocenters. The highest BCUT2D eigenvalue weighted by atomic mass is 32.2. The van der Waals surface area contributed by atoms with Crippen molar-refractivity contribution in [3.05, 3.63) is 60.0 Å². The molecular weight excluding hydrogens is 356 g/mol.